The quantitative estimate of drug-likeness (QED) is 0.206. The van der Waals surface area contributed by atoms with Gasteiger partial charge < -0.3 is 9.64 Å². The number of aromatic nitrogens is 2. The van der Waals surface area contributed by atoms with Crippen molar-refractivity contribution in [2.75, 3.05) is 11.9 Å². The van der Waals surface area contributed by atoms with Gasteiger partial charge in [0.25, 0.3) is 5.91 Å². The highest BCUT2D eigenvalue weighted by atomic mass is 35.5. The number of aliphatic imine (C=N–C) groups is 1. The third kappa shape index (κ3) is 5.92. The van der Waals surface area contributed by atoms with Gasteiger partial charge in [0.1, 0.15) is 16.6 Å². The number of nitrogens with zero attached hydrogens (tertiary/aromatic N) is 4. The van der Waals surface area contributed by atoms with Crippen molar-refractivity contribution in [2.24, 2.45) is 4.99 Å². The Morgan fingerprint density at radius 2 is 1.95 bits per heavy atom. The van der Waals surface area contributed by atoms with E-state index in [-0.39, 0.29) is 5.91 Å². The molecule has 0 radical (unpaired) electrons. The van der Waals surface area contributed by atoms with E-state index in [9.17, 15) is 9.59 Å². The Hall–Kier alpha value is -4.08. The predicted molar refractivity (Wildman–Crippen MR) is 171 cm³/mol. The normalized spacial score (nSPS) is 20.0. The Kier molecular flexibility index (Phi) is 7.56. The zero-order chi connectivity index (χ0) is 30.4. The molecule has 2 aromatic carbocycles. The molecule has 220 valence electrons. The highest BCUT2D eigenvalue weighted by Crippen LogP contribution is 2.37. The lowest BCUT2D eigenvalue weighted by molar-refractivity contribution is -0.157. The van der Waals surface area contributed by atoms with Crippen LogP contribution >= 0.6 is 22.9 Å². The second kappa shape index (κ2) is 11.2. The summed E-state index contributed by atoms with van der Waals surface area (Å²) in [6.07, 6.45) is 6.31. The van der Waals surface area contributed by atoms with Crippen molar-refractivity contribution in [3.63, 3.8) is 0 Å². The van der Waals surface area contributed by atoms with Crippen LogP contribution in [0.25, 0.3) is 10.2 Å². The van der Waals surface area contributed by atoms with Crippen molar-refractivity contribution in [1.29, 1.82) is 0 Å². The smallest absolute Gasteiger partial charge is 0.332 e. The summed E-state index contributed by atoms with van der Waals surface area (Å²) in [4.78, 5) is 42.9. The molecule has 0 bridgehead atoms. The number of ether oxygens (including phenoxy) is 1. The average Bonchev–Trinajstić information content (AvgIpc) is 3.38. The number of amides is 1. The molecule has 4 aromatic rings. The molecule has 2 unspecified atom stereocenters. The summed E-state index contributed by atoms with van der Waals surface area (Å²) < 4.78 is 6.86. The van der Waals surface area contributed by atoms with E-state index in [0.717, 1.165) is 33.3 Å². The monoisotopic (exact) mass is 613 g/mol. The molecule has 0 saturated carbocycles. The number of amidine groups is 1. The molecule has 2 aliphatic heterocycles. The van der Waals surface area contributed by atoms with Gasteiger partial charge in [-0.15, -0.1) is 0 Å². The van der Waals surface area contributed by atoms with Crippen LogP contribution in [0.15, 0.2) is 77.9 Å². The van der Waals surface area contributed by atoms with Gasteiger partial charge in [0, 0.05) is 30.3 Å². The number of halogens is 1. The average molecular weight is 614 g/mol. The van der Waals surface area contributed by atoms with Crippen molar-refractivity contribution in [3.05, 3.63) is 100 Å². The van der Waals surface area contributed by atoms with Gasteiger partial charge in [0.15, 0.2) is 11.2 Å². The minimum absolute atomic E-state index is 0.201. The molecule has 2 aliphatic rings. The van der Waals surface area contributed by atoms with Crippen molar-refractivity contribution in [2.45, 2.75) is 57.7 Å². The van der Waals surface area contributed by atoms with E-state index in [2.05, 4.69) is 26.3 Å². The number of dihydropyridines is 1. The van der Waals surface area contributed by atoms with Gasteiger partial charge in [0.05, 0.1) is 10.2 Å². The maximum absolute atomic E-state index is 13.6. The lowest BCUT2D eigenvalue weighted by atomic mass is 9.74. The first kappa shape index (κ1) is 29.0. The van der Waals surface area contributed by atoms with Crippen LogP contribution in [0.5, 0.6) is 0 Å². The van der Waals surface area contributed by atoms with Gasteiger partial charge in [-0.3, -0.25) is 15.1 Å². The van der Waals surface area contributed by atoms with Gasteiger partial charge in [0.2, 0.25) is 0 Å². The first-order valence-electron chi connectivity index (χ1n) is 14.1. The van der Waals surface area contributed by atoms with Crippen molar-refractivity contribution in [1.82, 2.24) is 14.9 Å². The number of carbonyl (C=O) groups excluding carboxylic acids is 2. The molecule has 43 heavy (non-hydrogen) atoms. The summed E-state index contributed by atoms with van der Waals surface area (Å²) in [7, 11) is 0. The first-order chi connectivity index (χ1) is 20.5. The molecule has 8 nitrogen and oxygen atoms in total. The van der Waals surface area contributed by atoms with Crippen LogP contribution in [0.4, 0.5) is 5.13 Å². The number of anilines is 1. The van der Waals surface area contributed by atoms with Crippen molar-refractivity contribution in [3.8, 4) is 0 Å². The number of nitrogens with one attached hydrogen (secondary N) is 1. The Bertz CT molecular complexity index is 1760. The number of carbonyl (C=O) groups is 2. The lowest BCUT2D eigenvalue weighted by Gasteiger charge is -2.39. The minimum Gasteiger partial charge on any atom is -0.458 e. The number of hydrogen-bond donors (Lipinski definition) is 1. The fourth-order valence-electron chi connectivity index (χ4n) is 5.56. The molecule has 2 aromatic heterocycles. The summed E-state index contributed by atoms with van der Waals surface area (Å²) >= 11 is 7.69. The highest BCUT2D eigenvalue weighted by molar-refractivity contribution is 7.22. The third-order valence-electron chi connectivity index (χ3n) is 7.74. The molecule has 6 rings (SSSR count). The van der Waals surface area contributed by atoms with E-state index in [0.29, 0.717) is 34.8 Å². The van der Waals surface area contributed by atoms with Crippen LogP contribution in [0, 0.1) is 0 Å². The van der Waals surface area contributed by atoms with Gasteiger partial charge in [-0.25, -0.2) is 14.8 Å². The Labute approximate surface area is 259 Å². The van der Waals surface area contributed by atoms with Gasteiger partial charge >= 0.3 is 5.97 Å². The fraction of sp³-hybridized carbons (Fsp3) is 0.303. The standard InChI is InChI=1S/C33H32ClN5O3S/c1-32(2,3)42-30(41)28-33(4,21-13-16-35-26(34)18-21)15-12-27(37-28)39-17-14-20-8-7-9-22(23(20)19-39)29(40)38-31-36-24-10-5-6-11-25(24)43-31/h5-13,15-16,18,28H,14,17,19H2,1-4H3,(H,36,38,40). The number of benzene rings is 2. The van der Waals surface area contributed by atoms with E-state index in [4.69, 9.17) is 21.3 Å². The zero-order valence-electron chi connectivity index (χ0n) is 24.4. The molecule has 2 atom stereocenters. The number of para-hydroxylation sites is 1. The van der Waals surface area contributed by atoms with Crippen LogP contribution in [-0.4, -0.2) is 50.8 Å². The highest BCUT2D eigenvalue weighted by Gasteiger charge is 2.44. The van der Waals surface area contributed by atoms with Crippen LogP contribution in [0.3, 0.4) is 0 Å². The molecule has 0 saturated heterocycles. The van der Waals surface area contributed by atoms with Crippen molar-refractivity contribution >= 4 is 56.0 Å². The molecule has 10 heteroatoms. The van der Waals surface area contributed by atoms with E-state index >= 15 is 0 Å². The maximum Gasteiger partial charge on any atom is 0.332 e. The molecule has 1 N–H and O–H groups in total. The molecule has 1 amide bonds. The number of pyridine rings is 1. The molecule has 0 spiro atoms. The predicted octanol–water partition coefficient (Wildman–Crippen LogP) is 6.59. The summed E-state index contributed by atoms with van der Waals surface area (Å²) in [5.74, 6) is 0.0475. The van der Waals surface area contributed by atoms with Crippen LogP contribution in [-0.2, 0) is 27.9 Å². The second-order valence-corrected chi connectivity index (χ2v) is 13.4. The molecule has 0 aliphatic carbocycles. The Balaban J connectivity index is 1.30. The zero-order valence-corrected chi connectivity index (χ0v) is 26.0. The molecular formula is C33H32ClN5O3S. The number of rotatable bonds is 4. The van der Waals surface area contributed by atoms with E-state index in [1.165, 1.54) is 11.3 Å². The number of fused-ring (bicyclic) bond motifs is 2. The van der Waals surface area contributed by atoms with Gasteiger partial charge in [-0.05, 0) is 87.2 Å². The fourth-order valence-corrected chi connectivity index (χ4v) is 6.60. The number of thiazole rings is 1. The van der Waals surface area contributed by atoms with E-state index in [1.807, 2.05) is 82.3 Å². The summed E-state index contributed by atoms with van der Waals surface area (Å²) in [6.45, 7) is 8.66. The summed E-state index contributed by atoms with van der Waals surface area (Å²) in [5, 5.41) is 3.90. The Morgan fingerprint density at radius 1 is 1.14 bits per heavy atom. The van der Waals surface area contributed by atoms with E-state index in [1.54, 1.807) is 12.3 Å². The summed E-state index contributed by atoms with van der Waals surface area (Å²) in [6, 6.07) is 16.4. The SMILES string of the molecule is CC(C)(C)OC(=O)C1N=C(N2CCc3cccc(C(=O)Nc4nc5ccccc5s4)c3C2)C=CC1(C)c1ccnc(Cl)c1. The van der Waals surface area contributed by atoms with Crippen molar-refractivity contribution < 1.29 is 14.3 Å². The minimum atomic E-state index is -0.843. The molecular weight excluding hydrogens is 582 g/mol. The van der Waals surface area contributed by atoms with Crippen LogP contribution in [0.1, 0.15) is 54.7 Å². The van der Waals surface area contributed by atoms with Gasteiger partial charge in [-0.1, -0.05) is 53.3 Å². The summed E-state index contributed by atoms with van der Waals surface area (Å²) in [5.41, 5.74) is 2.85. The largest absolute Gasteiger partial charge is 0.458 e. The molecule has 4 heterocycles. The number of hydrogen-bond acceptors (Lipinski definition) is 8. The topological polar surface area (TPSA) is 96.8 Å². The third-order valence-corrected chi connectivity index (χ3v) is 8.90. The first-order valence-corrected chi connectivity index (χ1v) is 15.3. The Morgan fingerprint density at radius 3 is 2.72 bits per heavy atom. The van der Waals surface area contributed by atoms with Crippen LogP contribution < -0.4 is 5.32 Å². The molecule has 0 fully saturated rings. The van der Waals surface area contributed by atoms with Gasteiger partial charge in [-0.2, -0.15) is 0 Å². The lowest BCUT2D eigenvalue weighted by Crippen LogP contribution is -2.48. The second-order valence-electron chi connectivity index (χ2n) is 12.0. The maximum atomic E-state index is 13.6. The van der Waals surface area contributed by atoms with E-state index < -0.39 is 23.0 Å². The van der Waals surface area contributed by atoms with Crippen LogP contribution in [0.2, 0.25) is 5.15 Å². The number of esters is 1.